The van der Waals surface area contributed by atoms with Crippen LogP contribution in [0.15, 0.2) is 43.1 Å². The Morgan fingerprint density at radius 2 is 1.96 bits per heavy atom. The van der Waals surface area contributed by atoms with Crippen LogP contribution >= 0.6 is 0 Å². The van der Waals surface area contributed by atoms with E-state index in [2.05, 4.69) is 29.9 Å². The Hall–Kier alpha value is -2.07. The van der Waals surface area contributed by atoms with E-state index in [9.17, 15) is 4.79 Å². The number of rotatable bonds is 8. The molecule has 1 aromatic carbocycles. The lowest BCUT2D eigenvalue weighted by molar-refractivity contribution is -0.111. The number of ether oxygens (including phenoxy) is 1. The highest BCUT2D eigenvalue weighted by molar-refractivity contribution is 5.62. The highest BCUT2D eigenvalue weighted by atomic mass is 16.5. The maximum Gasteiger partial charge on any atom is 0.207 e. The van der Waals surface area contributed by atoms with Crippen molar-refractivity contribution in [2.75, 3.05) is 13.7 Å². The van der Waals surface area contributed by atoms with Crippen LogP contribution in [-0.4, -0.2) is 26.2 Å². The molecule has 4 heteroatoms. The van der Waals surface area contributed by atoms with Crippen molar-refractivity contribution in [2.24, 2.45) is 0 Å². The van der Waals surface area contributed by atoms with Crippen molar-refractivity contribution in [3.8, 4) is 0 Å². The van der Waals surface area contributed by atoms with Crippen LogP contribution in [0.25, 0.3) is 5.57 Å². The fourth-order valence-corrected chi connectivity index (χ4v) is 1.81. The van der Waals surface area contributed by atoms with E-state index in [1.54, 1.807) is 7.11 Å². The molecule has 0 fully saturated rings. The summed E-state index contributed by atoms with van der Waals surface area (Å²) < 4.78 is 5.00. The van der Waals surface area contributed by atoms with Crippen LogP contribution in [0.4, 0.5) is 0 Å². The molecule has 0 aromatic heterocycles. The molecule has 1 amide bonds. The van der Waals surface area contributed by atoms with Gasteiger partial charge in [-0.15, -0.1) is 0 Å². The minimum absolute atomic E-state index is 0.265. The molecule has 134 valence electrons. The summed E-state index contributed by atoms with van der Waals surface area (Å²) in [4.78, 5) is 10.5. The first-order valence-corrected chi connectivity index (χ1v) is 8.04. The van der Waals surface area contributed by atoms with Gasteiger partial charge in [-0.3, -0.25) is 4.79 Å². The highest BCUT2D eigenvalue weighted by Crippen LogP contribution is 2.22. The van der Waals surface area contributed by atoms with Gasteiger partial charge in [0.2, 0.25) is 6.41 Å². The normalized spacial score (nSPS) is 11.6. The second kappa shape index (κ2) is 10.7. The molecule has 1 aromatic rings. The van der Waals surface area contributed by atoms with Crippen molar-refractivity contribution in [1.29, 1.82) is 0 Å². The third-order valence-corrected chi connectivity index (χ3v) is 3.59. The summed E-state index contributed by atoms with van der Waals surface area (Å²) in [5, 5.41) is 5.87. The lowest BCUT2D eigenvalue weighted by Gasteiger charge is -2.25. The first kappa shape index (κ1) is 21.9. The van der Waals surface area contributed by atoms with Crippen molar-refractivity contribution in [2.45, 2.75) is 46.3 Å². The zero-order valence-electron chi connectivity index (χ0n) is 15.9. The van der Waals surface area contributed by atoms with E-state index in [-0.39, 0.29) is 11.6 Å². The molecule has 2 N–H and O–H groups in total. The maximum absolute atomic E-state index is 10.5. The lowest BCUT2D eigenvalue weighted by Crippen LogP contribution is -2.35. The van der Waals surface area contributed by atoms with Crippen molar-refractivity contribution in [3.63, 3.8) is 0 Å². The Balaban J connectivity index is 0.000000506. The molecule has 0 radical (unpaired) electrons. The Labute approximate surface area is 147 Å². The summed E-state index contributed by atoms with van der Waals surface area (Å²) in [6, 6.07) is 8.05. The average molecular weight is 332 g/mol. The van der Waals surface area contributed by atoms with E-state index < -0.39 is 0 Å². The molecule has 24 heavy (non-hydrogen) atoms. The largest absolute Gasteiger partial charge is 0.386 e. The standard InChI is InChI=1S/C13H17NO.C7H15NO/c1-10(2)11-6-5-7-12(8-11)13(3,4)14-9-15;1-6(2)8-5-7(3)9-4/h5-9H,1H2,2-4H3,(H,14,15);7-8H,1,5H2,2-4H3. The van der Waals surface area contributed by atoms with Gasteiger partial charge in [0, 0.05) is 19.4 Å². The van der Waals surface area contributed by atoms with E-state index in [0.717, 1.165) is 35.4 Å². The molecular formula is C20H32N2O2. The number of hydrogen-bond acceptors (Lipinski definition) is 3. The zero-order valence-corrected chi connectivity index (χ0v) is 15.9. The summed E-state index contributed by atoms with van der Waals surface area (Å²) in [7, 11) is 1.70. The van der Waals surface area contributed by atoms with Gasteiger partial charge in [0.15, 0.2) is 0 Å². The van der Waals surface area contributed by atoms with Crippen molar-refractivity contribution in [1.82, 2.24) is 10.6 Å². The molecule has 0 heterocycles. The first-order chi connectivity index (χ1) is 11.1. The highest BCUT2D eigenvalue weighted by Gasteiger charge is 2.19. The number of nitrogens with one attached hydrogen (secondary N) is 2. The topological polar surface area (TPSA) is 50.4 Å². The predicted molar refractivity (Wildman–Crippen MR) is 103 cm³/mol. The Kier molecular flexibility index (Phi) is 9.74. The summed E-state index contributed by atoms with van der Waals surface area (Å²) >= 11 is 0. The van der Waals surface area contributed by atoms with E-state index in [1.807, 2.05) is 52.8 Å². The summed E-state index contributed by atoms with van der Waals surface area (Å²) in [6.45, 7) is 18.3. The fourth-order valence-electron chi connectivity index (χ4n) is 1.81. The van der Waals surface area contributed by atoms with Crippen LogP contribution in [0.5, 0.6) is 0 Å². The van der Waals surface area contributed by atoms with Gasteiger partial charge < -0.3 is 15.4 Å². The van der Waals surface area contributed by atoms with Crippen LogP contribution in [0, 0.1) is 0 Å². The predicted octanol–water partition coefficient (Wildman–Crippen LogP) is 3.85. The van der Waals surface area contributed by atoms with Crippen LogP contribution in [0.3, 0.4) is 0 Å². The van der Waals surface area contributed by atoms with Crippen LogP contribution < -0.4 is 10.6 Å². The fraction of sp³-hybridized carbons (Fsp3) is 0.450. The number of benzene rings is 1. The monoisotopic (exact) mass is 332 g/mol. The van der Waals surface area contributed by atoms with Gasteiger partial charge in [0.05, 0.1) is 11.6 Å². The molecule has 0 aliphatic heterocycles. The van der Waals surface area contributed by atoms with E-state index in [1.165, 1.54) is 0 Å². The van der Waals surface area contributed by atoms with Crippen LogP contribution in [0.1, 0.15) is 45.7 Å². The average Bonchev–Trinajstić information content (AvgIpc) is 2.53. The van der Waals surface area contributed by atoms with Gasteiger partial charge in [-0.2, -0.15) is 0 Å². The minimum atomic E-state index is -0.340. The molecule has 1 rings (SSSR count). The van der Waals surface area contributed by atoms with Crippen LogP contribution in [0.2, 0.25) is 0 Å². The zero-order chi connectivity index (χ0) is 18.8. The van der Waals surface area contributed by atoms with Crippen molar-refractivity contribution in [3.05, 3.63) is 54.2 Å². The van der Waals surface area contributed by atoms with E-state index in [4.69, 9.17) is 4.74 Å². The Morgan fingerprint density at radius 3 is 2.42 bits per heavy atom. The van der Waals surface area contributed by atoms with Gasteiger partial charge >= 0.3 is 0 Å². The molecule has 0 saturated heterocycles. The molecule has 4 nitrogen and oxygen atoms in total. The maximum atomic E-state index is 10.5. The summed E-state index contributed by atoms with van der Waals surface area (Å²) in [5.41, 5.74) is 3.86. The number of methoxy groups -OCH3 is 1. The van der Waals surface area contributed by atoms with Gasteiger partial charge in [-0.1, -0.05) is 36.9 Å². The Bertz CT molecular complexity index is 550. The summed E-state index contributed by atoms with van der Waals surface area (Å²) in [6.07, 6.45) is 0.995. The van der Waals surface area contributed by atoms with Gasteiger partial charge in [0.25, 0.3) is 0 Å². The van der Waals surface area contributed by atoms with Gasteiger partial charge in [-0.25, -0.2) is 0 Å². The quantitative estimate of drug-likeness (QED) is 0.711. The van der Waals surface area contributed by atoms with Gasteiger partial charge in [-0.05, 0) is 51.8 Å². The van der Waals surface area contributed by atoms with E-state index >= 15 is 0 Å². The SMILES string of the molecule is C=C(C)NCC(C)OC.C=C(C)c1cccc(C(C)(C)NC=O)c1. The number of carbonyl (C=O) groups excluding carboxylic acids is 1. The van der Waals surface area contributed by atoms with Crippen molar-refractivity contribution >= 4 is 12.0 Å². The van der Waals surface area contributed by atoms with Crippen LogP contribution in [-0.2, 0) is 15.1 Å². The number of amides is 1. The molecule has 0 aliphatic carbocycles. The smallest absolute Gasteiger partial charge is 0.207 e. The van der Waals surface area contributed by atoms with Gasteiger partial charge in [0.1, 0.15) is 0 Å². The summed E-state index contributed by atoms with van der Waals surface area (Å²) in [5.74, 6) is 0. The molecule has 0 bridgehead atoms. The molecular weight excluding hydrogens is 300 g/mol. The minimum Gasteiger partial charge on any atom is -0.386 e. The molecule has 0 saturated carbocycles. The first-order valence-electron chi connectivity index (χ1n) is 8.04. The van der Waals surface area contributed by atoms with E-state index in [0.29, 0.717) is 0 Å². The third kappa shape index (κ3) is 8.53. The second-order valence-electron chi connectivity index (χ2n) is 6.46. The molecule has 1 atom stereocenters. The molecule has 1 unspecified atom stereocenters. The number of hydrogen-bond donors (Lipinski definition) is 2. The molecule has 0 aliphatic rings. The number of allylic oxidation sites excluding steroid dienone is 2. The Morgan fingerprint density at radius 1 is 1.33 bits per heavy atom. The van der Waals surface area contributed by atoms with Crippen molar-refractivity contribution < 1.29 is 9.53 Å². The number of carbonyl (C=O) groups is 1. The third-order valence-electron chi connectivity index (χ3n) is 3.59. The molecule has 0 spiro atoms. The second-order valence-corrected chi connectivity index (χ2v) is 6.46. The lowest BCUT2D eigenvalue weighted by atomic mass is 9.92.